The van der Waals surface area contributed by atoms with Crippen molar-refractivity contribution in [3.63, 3.8) is 0 Å². The number of fused-ring (bicyclic) bond motifs is 2. The molecule has 2 fully saturated rings. The lowest BCUT2D eigenvalue weighted by molar-refractivity contribution is -0.161. The second kappa shape index (κ2) is 7.85. The molecule has 2 saturated heterocycles. The summed E-state index contributed by atoms with van der Waals surface area (Å²) in [7, 11) is 1.98. The van der Waals surface area contributed by atoms with E-state index >= 15 is 0 Å². The van der Waals surface area contributed by atoms with Gasteiger partial charge in [-0.25, -0.2) is 24.9 Å². The number of anilines is 3. The summed E-state index contributed by atoms with van der Waals surface area (Å²) in [6, 6.07) is 11.8. The average Bonchev–Trinajstić information content (AvgIpc) is 3.19. The Morgan fingerprint density at radius 3 is 2.72 bits per heavy atom. The third-order valence-corrected chi connectivity index (χ3v) is 6.93. The van der Waals surface area contributed by atoms with E-state index in [2.05, 4.69) is 30.2 Å². The summed E-state index contributed by atoms with van der Waals surface area (Å²) in [6.07, 6.45) is 6.17. The van der Waals surface area contributed by atoms with Gasteiger partial charge in [-0.05, 0) is 42.8 Å². The van der Waals surface area contributed by atoms with Crippen molar-refractivity contribution in [2.75, 3.05) is 29.9 Å². The van der Waals surface area contributed by atoms with Crippen LogP contribution in [-0.4, -0.2) is 54.8 Å². The van der Waals surface area contributed by atoms with Crippen LogP contribution in [0.5, 0.6) is 11.5 Å². The normalized spacial score (nSPS) is 16.2. The Bertz CT molecular complexity index is 1620. The molecule has 0 atom stereocenters. The number of hydrogen-bond donors (Lipinski definition) is 1. The molecule has 0 aliphatic carbocycles. The average molecular weight is 481 g/mol. The number of hydrogen-bond acceptors (Lipinski definition) is 9. The highest BCUT2D eigenvalue weighted by Gasteiger charge is 2.50. The third-order valence-electron chi connectivity index (χ3n) is 6.93. The molecule has 1 spiro atoms. The summed E-state index contributed by atoms with van der Waals surface area (Å²) in [5, 5.41) is 3.39. The van der Waals surface area contributed by atoms with Gasteiger partial charge in [0.15, 0.2) is 5.82 Å². The predicted octanol–water partition coefficient (Wildman–Crippen LogP) is 4.13. The van der Waals surface area contributed by atoms with Gasteiger partial charge in [0.1, 0.15) is 34.5 Å². The molecule has 0 saturated carbocycles. The molecule has 10 nitrogen and oxygen atoms in total. The first-order valence-electron chi connectivity index (χ1n) is 11.9. The molecule has 5 heterocycles. The quantitative estimate of drug-likeness (QED) is 0.398. The van der Waals surface area contributed by atoms with Crippen LogP contribution < -0.4 is 15.0 Å². The molecular weight excluding hydrogens is 456 g/mol. The summed E-state index contributed by atoms with van der Waals surface area (Å²) in [5.41, 5.74) is 5.21. The van der Waals surface area contributed by atoms with Crippen molar-refractivity contribution in [3.05, 3.63) is 60.8 Å². The number of imidazole rings is 1. The molecule has 0 unspecified atom stereocenters. The van der Waals surface area contributed by atoms with Crippen molar-refractivity contribution in [2.24, 2.45) is 7.05 Å². The number of aryl methyl sites for hydroxylation is 2. The SMILES string of the molecule is Cc1cc(Nc2ncnc3cnc(N4CC5(CCO5)C4)nc23)ccc1Oc1ccc2c(c1)ncn2C. The Hall–Kier alpha value is -4.31. The van der Waals surface area contributed by atoms with E-state index in [0.29, 0.717) is 22.8 Å². The Kier molecular flexibility index (Phi) is 4.58. The number of nitrogens with one attached hydrogen (secondary N) is 1. The maximum atomic E-state index is 6.15. The Morgan fingerprint density at radius 2 is 1.92 bits per heavy atom. The zero-order valence-corrected chi connectivity index (χ0v) is 20.0. The maximum Gasteiger partial charge on any atom is 0.226 e. The van der Waals surface area contributed by atoms with Crippen molar-refractivity contribution in [1.82, 2.24) is 29.5 Å². The highest BCUT2D eigenvalue weighted by Crippen LogP contribution is 2.38. The minimum Gasteiger partial charge on any atom is -0.457 e. The van der Waals surface area contributed by atoms with Crippen LogP contribution in [0.25, 0.3) is 22.1 Å². The first kappa shape index (κ1) is 21.0. The minimum absolute atomic E-state index is 0.0112. The molecule has 2 aliphatic rings. The summed E-state index contributed by atoms with van der Waals surface area (Å²) < 4.78 is 13.9. The van der Waals surface area contributed by atoms with E-state index in [9.17, 15) is 0 Å². The van der Waals surface area contributed by atoms with E-state index < -0.39 is 0 Å². The lowest BCUT2D eigenvalue weighted by atomic mass is 9.86. The van der Waals surface area contributed by atoms with Crippen molar-refractivity contribution >= 4 is 39.5 Å². The van der Waals surface area contributed by atoms with Gasteiger partial charge in [0, 0.05) is 25.2 Å². The van der Waals surface area contributed by atoms with Crippen molar-refractivity contribution in [2.45, 2.75) is 18.9 Å². The summed E-state index contributed by atoms with van der Waals surface area (Å²) >= 11 is 0. The number of rotatable bonds is 5. The highest BCUT2D eigenvalue weighted by atomic mass is 16.5. The highest BCUT2D eigenvalue weighted by molar-refractivity contribution is 5.87. The van der Waals surface area contributed by atoms with Gasteiger partial charge in [0.25, 0.3) is 0 Å². The van der Waals surface area contributed by atoms with Crippen molar-refractivity contribution < 1.29 is 9.47 Å². The predicted molar refractivity (Wildman–Crippen MR) is 136 cm³/mol. The second-order valence-electron chi connectivity index (χ2n) is 9.48. The van der Waals surface area contributed by atoms with Crippen LogP contribution in [-0.2, 0) is 11.8 Å². The van der Waals surface area contributed by atoms with Crippen LogP contribution in [0.15, 0.2) is 55.2 Å². The van der Waals surface area contributed by atoms with E-state index in [0.717, 1.165) is 59.9 Å². The molecule has 0 amide bonds. The van der Waals surface area contributed by atoms with E-state index in [1.807, 2.05) is 54.9 Å². The molecule has 10 heteroatoms. The molecule has 180 valence electrons. The zero-order chi connectivity index (χ0) is 24.3. The van der Waals surface area contributed by atoms with Crippen LogP contribution in [0.3, 0.4) is 0 Å². The van der Waals surface area contributed by atoms with Crippen LogP contribution in [0.2, 0.25) is 0 Å². The van der Waals surface area contributed by atoms with Crippen LogP contribution in [0.4, 0.5) is 17.5 Å². The van der Waals surface area contributed by atoms with Crippen LogP contribution in [0.1, 0.15) is 12.0 Å². The van der Waals surface area contributed by atoms with Crippen LogP contribution in [0, 0.1) is 6.92 Å². The Balaban J connectivity index is 1.12. The molecule has 5 aromatic rings. The van der Waals surface area contributed by atoms with Gasteiger partial charge in [-0.1, -0.05) is 0 Å². The summed E-state index contributed by atoms with van der Waals surface area (Å²) in [5.74, 6) is 2.83. The molecular formula is C26H24N8O2. The first-order chi connectivity index (χ1) is 17.6. The zero-order valence-electron chi connectivity index (χ0n) is 20.0. The second-order valence-corrected chi connectivity index (χ2v) is 9.48. The van der Waals surface area contributed by atoms with Gasteiger partial charge >= 0.3 is 0 Å². The van der Waals surface area contributed by atoms with E-state index in [-0.39, 0.29) is 5.60 Å². The van der Waals surface area contributed by atoms with E-state index in [4.69, 9.17) is 14.5 Å². The van der Waals surface area contributed by atoms with Gasteiger partial charge in [-0.2, -0.15) is 0 Å². The van der Waals surface area contributed by atoms with Crippen molar-refractivity contribution in [3.8, 4) is 11.5 Å². The molecule has 2 aliphatic heterocycles. The van der Waals surface area contributed by atoms with E-state index in [1.54, 1.807) is 12.5 Å². The van der Waals surface area contributed by atoms with Gasteiger partial charge in [0.2, 0.25) is 5.95 Å². The topological polar surface area (TPSA) is 103 Å². The summed E-state index contributed by atoms with van der Waals surface area (Å²) in [6.45, 7) is 4.50. The van der Waals surface area contributed by atoms with Gasteiger partial charge in [-0.15, -0.1) is 0 Å². The molecule has 3 aromatic heterocycles. The van der Waals surface area contributed by atoms with E-state index in [1.165, 1.54) is 6.33 Å². The largest absolute Gasteiger partial charge is 0.457 e. The molecule has 0 radical (unpaired) electrons. The van der Waals surface area contributed by atoms with Gasteiger partial charge in [0.05, 0.1) is 43.3 Å². The Morgan fingerprint density at radius 1 is 1.03 bits per heavy atom. The molecule has 2 aromatic carbocycles. The fourth-order valence-electron chi connectivity index (χ4n) is 4.80. The standard InChI is InChI=1S/C26H24N8O2/c1-16-9-17(3-6-22(16)36-18-4-5-21-19(10-18)30-15-33(21)2)31-24-23-20(28-14-29-24)11-27-25(32-23)34-12-26(13-34)7-8-35-26/h3-6,9-11,14-15H,7-8,12-13H2,1-2H3,(H,28,29,31). The number of benzene rings is 2. The monoisotopic (exact) mass is 480 g/mol. The lowest BCUT2D eigenvalue weighted by Gasteiger charge is -2.54. The first-order valence-corrected chi connectivity index (χ1v) is 11.9. The smallest absolute Gasteiger partial charge is 0.226 e. The Labute approximate surface area is 207 Å². The van der Waals surface area contributed by atoms with Gasteiger partial charge in [-0.3, -0.25) is 0 Å². The van der Waals surface area contributed by atoms with Crippen molar-refractivity contribution in [1.29, 1.82) is 0 Å². The number of nitrogens with zero attached hydrogens (tertiary/aromatic N) is 7. The number of aromatic nitrogens is 6. The fraction of sp³-hybridized carbons (Fsp3) is 0.269. The van der Waals surface area contributed by atoms with Crippen LogP contribution >= 0.6 is 0 Å². The lowest BCUT2D eigenvalue weighted by Crippen LogP contribution is -2.68. The molecule has 1 N–H and O–H groups in total. The number of ether oxygens (including phenoxy) is 2. The third kappa shape index (κ3) is 3.49. The molecule has 7 rings (SSSR count). The molecule has 0 bridgehead atoms. The minimum atomic E-state index is 0.0112. The van der Waals surface area contributed by atoms with Gasteiger partial charge < -0.3 is 24.3 Å². The fourth-order valence-corrected chi connectivity index (χ4v) is 4.80. The maximum absolute atomic E-state index is 6.15. The summed E-state index contributed by atoms with van der Waals surface area (Å²) in [4.78, 5) is 24.6. The molecule has 36 heavy (non-hydrogen) atoms.